The molecule has 0 fully saturated rings. The highest BCUT2D eigenvalue weighted by molar-refractivity contribution is 7.80. The fourth-order valence-corrected chi connectivity index (χ4v) is 3.20. The lowest BCUT2D eigenvalue weighted by molar-refractivity contribution is -0.141. The Morgan fingerprint density at radius 1 is 1.21 bits per heavy atom. The number of carbonyl (C=O) groups is 4. The van der Waals surface area contributed by atoms with Gasteiger partial charge in [0, 0.05) is 22.3 Å². The van der Waals surface area contributed by atoms with E-state index >= 15 is 0 Å². The number of thiazole rings is 1. The number of amides is 2. The molecule has 1 heterocycles. The Morgan fingerprint density at radius 2 is 1.89 bits per heavy atom. The van der Waals surface area contributed by atoms with Crippen molar-refractivity contribution in [1.82, 2.24) is 15.6 Å². The molecule has 0 aliphatic rings. The second kappa shape index (κ2) is 10.00. The minimum absolute atomic E-state index is 0.0333. The van der Waals surface area contributed by atoms with Crippen molar-refractivity contribution in [2.45, 2.75) is 13.0 Å². The fourth-order valence-electron chi connectivity index (χ4n) is 2.14. The summed E-state index contributed by atoms with van der Waals surface area (Å²) >= 11 is 5.33. The van der Waals surface area contributed by atoms with Crippen LogP contribution in [0.2, 0.25) is 0 Å². The molecule has 2 amide bonds. The number of rotatable bonds is 8. The maximum atomic E-state index is 12.4. The second-order valence-corrected chi connectivity index (χ2v) is 6.90. The van der Waals surface area contributed by atoms with Gasteiger partial charge in [0.2, 0.25) is 5.91 Å². The van der Waals surface area contributed by atoms with Crippen molar-refractivity contribution in [1.29, 1.82) is 0 Å². The van der Waals surface area contributed by atoms with Gasteiger partial charge in [0.05, 0.1) is 7.11 Å². The third-order valence-electron chi connectivity index (χ3n) is 3.71. The number of esters is 1. The van der Waals surface area contributed by atoms with Gasteiger partial charge in [0.1, 0.15) is 23.3 Å². The van der Waals surface area contributed by atoms with Crippen LogP contribution < -0.4 is 10.6 Å². The predicted octanol–water partition coefficient (Wildman–Crippen LogP) is 1.33. The maximum absolute atomic E-state index is 12.4. The van der Waals surface area contributed by atoms with Crippen molar-refractivity contribution in [3.05, 3.63) is 40.9 Å². The van der Waals surface area contributed by atoms with E-state index in [1.165, 1.54) is 25.4 Å². The third kappa shape index (κ3) is 5.64. The van der Waals surface area contributed by atoms with Crippen molar-refractivity contribution in [3.8, 4) is 10.6 Å². The summed E-state index contributed by atoms with van der Waals surface area (Å²) in [6.07, 6.45) is 0. The number of aromatic nitrogens is 1. The summed E-state index contributed by atoms with van der Waals surface area (Å²) in [6.45, 7) is 1.19. The van der Waals surface area contributed by atoms with Crippen molar-refractivity contribution < 1.29 is 23.9 Å². The molecule has 1 atom stereocenters. The van der Waals surface area contributed by atoms with Crippen LogP contribution in [0.3, 0.4) is 0 Å². The van der Waals surface area contributed by atoms with Gasteiger partial charge in [-0.15, -0.1) is 11.3 Å². The van der Waals surface area contributed by atoms with Crippen LogP contribution in [0.1, 0.15) is 27.8 Å². The number of nitrogens with zero attached hydrogens (tertiary/aromatic N) is 1. The first-order valence-corrected chi connectivity index (χ1v) is 9.70. The van der Waals surface area contributed by atoms with Gasteiger partial charge < -0.3 is 15.4 Å². The van der Waals surface area contributed by atoms with Gasteiger partial charge in [0.25, 0.3) is 5.91 Å². The number of Topliss-reactive ketones (excluding diaryl/α,β-unsaturated/α-hetero) is 1. The van der Waals surface area contributed by atoms with Crippen LogP contribution in [0, 0.1) is 0 Å². The molecule has 8 nitrogen and oxygen atoms in total. The number of benzene rings is 1. The quantitative estimate of drug-likeness (QED) is 0.337. The lowest BCUT2D eigenvalue weighted by Crippen LogP contribution is -2.49. The predicted molar refractivity (Wildman–Crippen MR) is 108 cm³/mol. The number of hydrogen-bond donors (Lipinski definition) is 3. The van der Waals surface area contributed by atoms with E-state index in [4.69, 9.17) is 0 Å². The van der Waals surface area contributed by atoms with Gasteiger partial charge >= 0.3 is 5.97 Å². The van der Waals surface area contributed by atoms with Crippen molar-refractivity contribution in [2.75, 3.05) is 19.4 Å². The van der Waals surface area contributed by atoms with E-state index in [1.54, 1.807) is 29.6 Å². The Balaban J connectivity index is 2.03. The monoisotopic (exact) mass is 421 g/mol. The molecular formula is C18H19N3O5S2. The molecule has 0 radical (unpaired) electrons. The van der Waals surface area contributed by atoms with Gasteiger partial charge in [-0.25, -0.2) is 4.98 Å². The first kappa shape index (κ1) is 21.6. The summed E-state index contributed by atoms with van der Waals surface area (Å²) in [6, 6.07) is 5.98. The van der Waals surface area contributed by atoms with Gasteiger partial charge in [-0.1, -0.05) is 24.3 Å². The number of hydrogen-bond acceptors (Lipinski definition) is 8. The summed E-state index contributed by atoms with van der Waals surface area (Å²) in [7, 11) is 1.21. The average Bonchev–Trinajstić information content (AvgIpc) is 3.20. The molecule has 1 aromatic heterocycles. The van der Waals surface area contributed by atoms with Crippen molar-refractivity contribution in [3.63, 3.8) is 0 Å². The molecule has 0 aliphatic carbocycles. The minimum Gasteiger partial charge on any atom is -0.468 e. The van der Waals surface area contributed by atoms with Crippen LogP contribution in [0.5, 0.6) is 0 Å². The molecule has 2 rings (SSSR count). The lowest BCUT2D eigenvalue weighted by atomic mass is 10.1. The molecule has 0 aliphatic heterocycles. The van der Waals surface area contributed by atoms with Crippen LogP contribution >= 0.6 is 24.0 Å². The zero-order valence-corrected chi connectivity index (χ0v) is 16.9. The Hall–Kier alpha value is -2.72. The highest BCUT2D eigenvalue weighted by atomic mass is 32.1. The molecule has 10 heteroatoms. The van der Waals surface area contributed by atoms with E-state index in [-0.39, 0.29) is 23.8 Å². The number of ketones is 1. The summed E-state index contributed by atoms with van der Waals surface area (Å²) < 4.78 is 4.44. The summed E-state index contributed by atoms with van der Waals surface area (Å²) in [4.78, 5) is 51.2. The van der Waals surface area contributed by atoms with Crippen LogP contribution in [0.15, 0.2) is 29.6 Å². The molecule has 1 unspecified atom stereocenters. The van der Waals surface area contributed by atoms with E-state index in [9.17, 15) is 19.2 Å². The summed E-state index contributed by atoms with van der Waals surface area (Å²) in [5.74, 6) is -1.67. The Morgan fingerprint density at radius 3 is 2.46 bits per heavy atom. The van der Waals surface area contributed by atoms with Crippen LogP contribution in [0.4, 0.5) is 0 Å². The van der Waals surface area contributed by atoms with Gasteiger partial charge in [-0.3, -0.25) is 19.2 Å². The summed E-state index contributed by atoms with van der Waals surface area (Å²) in [5, 5.41) is 7.08. The average molecular weight is 422 g/mol. The molecule has 0 bridgehead atoms. The third-order valence-corrected chi connectivity index (χ3v) is 4.97. The van der Waals surface area contributed by atoms with Crippen LogP contribution in [-0.2, 0) is 14.3 Å². The number of methoxy groups -OCH3 is 1. The molecule has 0 saturated carbocycles. The van der Waals surface area contributed by atoms with E-state index < -0.39 is 23.8 Å². The molecule has 0 spiro atoms. The first-order valence-electron chi connectivity index (χ1n) is 8.18. The Kier molecular flexibility index (Phi) is 7.70. The maximum Gasteiger partial charge on any atom is 0.325 e. The second-order valence-electron chi connectivity index (χ2n) is 5.67. The largest absolute Gasteiger partial charge is 0.468 e. The standard InChI is InChI=1S/C18H19N3O5S2/c1-10(22)11-3-5-12(6-4-11)18-21-14(9-28-18)17(25)20-13(8-27)16(24)19-7-15(23)26-2/h3-6,9,13,27H,7-8H2,1-2H3,(H,19,24)(H,20,25). The van der Waals surface area contributed by atoms with Gasteiger partial charge in [0.15, 0.2) is 5.78 Å². The number of thiol groups is 1. The zero-order chi connectivity index (χ0) is 20.7. The van der Waals surface area contributed by atoms with Crippen molar-refractivity contribution in [2.24, 2.45) is 0 Å². The molecule has 1 aromatic carbocycles. The van der Waals surface area contributed by atoms with E-state index in [0.717, 1.165) is 5.56 Å². The highest BCUT2D eigenvalue weighted by Crippen LogP contribution is 2.24. The van der Waals surface area contributed by atoms with E-state index in [0.29, 0.717) is 10.6 Å². The van der Waals surface area contributed by atoms with Gasteiger partial charge in [-0.05, 0) is 6.92 Å². The van der Waals surface area contributed by atoms with Crippen molar-refractivity contribution >= 4 is 47.5 Å². The fraction of sp³-hybridized carbons (Fsp3) is 0.278. The SMILES string of the molecule is COC(=O)CNC(=O)C(CS)NC(=O)c1csc(-c2ccc(C(C)=O)cc2)n1. The van der Waals surface area contributed by atoms with Crippen LogP contribution in [0.25, 0.3) is 10.6 Å². The molecule has 2 N–H and O–H groups in total. The summed E-state index contributed by atoms with van der Waals surface area (Å²) in [5.41, 5.74) is 1.52. The molecular weight excluding hydrogens is 402 g/mol. The van der Waals surface area contributed by atoms with E-state index in [2.05, 4.69) is 33.0 Å². The molecule has 28 heavy (non-hydrogen) atoms. The lowest BCUT2D eigenvalue weighted by Gasteiger charge is -2.15. The normalized spacial score (nSPS) is 11.4. The number of carbonyl (C=O) groups excluding carboxylic acids is 4. The smallest absolute Gasteiger partial charge is 0.325 e. The Labute approximate surface area is 171 Å². The molecule has 148 valence electrons. The first-order chi connectivity index (χ1) is 13.3. The number of ether oxygens (including phenoxy) is 1. The highest BCUT2D eigenvalue weighted by Gasteiger charge is 2.22. The molecule has 2 aromatic rings. The van der Waals surface area contributed by atoms with Crippen LogP contribution in [-0.4, -0.2) is 54.0 Å². The van der Waals surface area contributed by atoms with Gasteiger partial charge in [-0.2, -0.15) is 12.6 Å². The zero-order valence-electron chi connectivity index (χ0n) is 15.2. The number of nitrogens with one attached hydrogen (secondary N) is 2. The van der Waals surface area contributed by atoms with E-state index in [1.807, 2.05) is 0 Å². The molecule has 0 saturated heterocycles. The topological polar surface area (TPSA) is 114 Å². The minimum atomic E-state index is -0.930. The Bertz CT molecular complexity index is 880.